The van der Waals surface area contributed by atoms with Crippen molar-refractivity contribution in [3.63, 3.8) is 0 Å². The number of carbonyl (C=O) groups excluding carboxylic acids is 1. The first-order valence-electron chi connectivity index (χ1n) is 7.94. The van der Waals surface area contributed by atoms with Crippen molar-refractivity contribution in [2.75, 3.05) is 17.3 Å². The molecule has 0 saturated carbocycles. The smallest absolute Gasteiger partial charge is 0.412 e. The van der Waals surface area contributed by atoms with Crippen LogP contribution in [0.2, 0.25) is 0 Å². The van der Waals surface area contributed by atoms with E-state index in [4.69, 9.17) is 0 Å². The van der Waals surface area contributed by atoms with Crippen LogP contribution < -0.4 is 10.2 Å². The maximum Gasteiger partial charge on any atom is 0.412 e. The van der Waals surface area contributed by atoms with Crippen molar-refractivity contribution < 1.29 is 9.53 Å². The summed E-state index contributed by atoms with van der Waals surface area (Å²) in [6, 6.07) is 24.1. The van der Waals surface area contributed by atoms with E-state index in [1.807, 2.05) is 42.5 Å². The SMILES string of the molecule is COC(=O)Nc1ccc(N(Cc2ccccc2)c2ccccc2)cn1. The van der Waals surface area contributed by atoms with Gasteiger partial charge in [-0.1, -0.05) is 48.5 Å². The number of pyridine rings is 1. The van der Waals surface area contributed by atoms with Crippen molar-refractivity contribution in [2.45, 2.75) is 6.54 Å². The van der Waals surface area contributed by atoms with E-state index in [0.717, 1.165) is 17.9 Å². The van der Waals surface area contributed by atoms with E-state index >= 15 is 0 Å². The summed E-state index contributed by atoms with van der Waals surface area (Å²) in [5, 5.41) is 2.56. The first kappa shape index (κ1) is 16.5. The number of nitrogens with zero attached hydrogens (tertiary/aromatic N) is 2. The van der Waals surface area contributed by atoms with Gasteiger partial charge in [-0.2, -0.15) is 0 Å². The van der Waals surface area contributed by atoms with Crippen LogP contribution in [0.1, 0.15) is 5.56 Å². The normalized spacial score (nSPS) is 10.1. The van der Waals surface area contributed by atoms with E-state index in [1.54, 1.807) is 12.3 Å². The third-order valence-electron chi connectivity index (χ3n) is 3.73. The number of ether oxygens (including phenoxy) is 1. The number of amides is 1. The molecule has 5 heteroatoms. The van der Waals surface area contributed by atoms with Crippen LogP contribution in [0.4, 0.5) is 22.0 Å². The average molecular weight is 333 g/mol. The maximum absolute atomic E-state index is 11.3. The Bertz CT molecular complexity index is 805. The van der Waals surface area contributed by atoms with Crippen LogP contribution in [0.5, 0.6) is 0 Å². The van der Waals surface area contributed by atoms with Gasteiger partial charge in [0.2, 0.25) is 0 Å². The molecule has 3 aromatic rings. The molecule has 0 saturated heterocycles. The molecule has 25 heavy (non-hydrogen) atoms. The number of benzene rings is 2. The molecule has 0 aliphatic heterocycles. The lowest BCUT2D eigenvalue weighted by Crippen LogP contribution is -2.17. The Hall–Kier alpha value is -3.34. The van der Waals surface area contributed by atoms with Crippen molar-refractivity contribution >= 4 is 23.3 Å². The summed E-state index contributed by atoms with van der Waals surface area (Å²) in [6.45, 7) is 0.719. The average Bonchev–Trinajstić information content (AvgIpc) is 2.68. The third-order valence-corrected chi connectivity index (χ3v) is 3.73. The molecular weight excluding hydrogens is 314 g/mol. The fourth-order valence-electron chi connectivity index (χ4n) is 2.48. The Kier molecular flexibility index (Phi) is 5.26. The number of nitrogens with one attached hydrogen (secondary N) is 1. The highest BCUT2D eigenvalue weighted by molar-refractivity contribution is 5.83. The molecule has 0 unspecified atom stereocenters. The summed E-state index contributed by atoms with van der Waals surface area (Å²) in [6.07, 6.45) is 1.20. The number of anilines is 3. The number of aromatic nitrogens is 1. The summed E-state index contributed by atoms with van der Waals surface area (Å²) < 4.78 is 4.58. The number of para-hydroxylation sites is 1. The zero-order valence-electron chi connectivity index (χ0n) is 13.9. The topological polar surface area (TPSA) is 54.5 Å². The highest BCUT2D eigenvalue weighted by Crippen LogP contribution is 2.27. The first-order valence-corrected chi connectivity index (χ1v) is 7.94. The molecule has 0 radical (unpaired) electrons. The van der Waals surface area contributed by atoms with Crippen LogP contribution in [0.25, 0.3) is 0 Å². The van der Waals surface area contributed by atoms with Gasteiger partial charge in [-0.05, 0) is 29.8 Å². The van der Waals surface area contributed by atoms with E-state index in [9.17, 15) is 4.79 Å². The van der Waals surface area contributed by atoms with E-state index in [0.29, 0.717) is 5.82 Å². The van der Waals surface area contributed by atoms with Gasteiger partial charge in [0.1, 0.15) is 5.82 Å². The molecule has 0 aliphatic rings. The van der Waals surface area contributed by atoms with Gasteiger partial charge in [0.15, 0.2) is 0 Å². The van der Waals surface area contributed by atoms with Crippen LogP contribution in [-0.4, -0.2) is 18.2 Å². The Balaban J connectivity index is 1.87. The van der Waals surface area contributed by atoms with Crippen LogP contribution in [0.3, 0.4) is 0 Å². The number of hydrogen-bond donors (Lipinski definition) is 1. The molecule has 1 heterocycles. The van der Waals surface area contributed by atoms with Crippen molar-refractivity contribution in [3.8, 4) is 0 Å². The van der Waals surface area contributed by atoms with Gasteiger partial charge in [-0.25, -0.2) is 9.78 Å². The van der Waals surface area contributed by atoms with E-state index in [1.165, 1.54) is 12.7 Å². The van der Waals surface area contributed by atoms with Gasteiger partial charge in [0.25, 0.3) is 0 Å². The highest BCUT2D eigenvalue weighted by Gasteiger charge is 2.11. The van der Waals surface area contributed by atoms with Gasteiger partial charge in [0.05, 0.1) is 19.0 Å². The molecule has 0 fully saturated rings. The number of hydrogen-bond acceptors (Lipinski definition) is 4. The number of carbonyl (C=O) groups is 1. The minimum Gasteiger partial charge on any atom is -0.453 e. The second-order valence-electron chi connectivity index (χ2n) is 5.43. The summed E-state index contributed by atoms with van der Waals surface area (Å²) in [7, 11) is 1.32. The second-order valence-corrected chi connectivity index (χ2v) is 5.43. The van der Waals surface area contributed by atoms with E-state index in [2.05, 4.69) is 44.2 Å². The molecule has 1 N–H and O–H groups in total. The van der Waals surface area contributed by atoms with Crippen molar-refractivity contribution in [2.24, 2.45) is 0 Å². The largest absolute Gasteiger partial charge is 0.453 e. The maximum atomic E-state index is 11.3. The minimum absolute atomic E-state index is 0.448. The van der Waals surface area contributed by atoms with Gasteiger partial charge in [-0.15, -0.1) is 0 Å². The third kappa shape index (κ3) is 4.35. The summed E-state index contributed by atoms with van der Waals surface area (Å²) in [4.78, 5) is 17.8. The Morgan fingerprint density at radius 1 is 0.960 bits per heavy atom. The van der Waals surface area contributed by atoms with Crippen LogP contribution in [0, 0.1) is 0 Å². The summed E-state index contributed by atoms with van der Waals surface area (Å²) in [5.41, 5.74) is 3.20. The summed E-state index contributed by atoms with van der Waals surface area (Å²) in [5.74, 6) is 0.448. The number of methoxy groups -OCH3 is 1. The lowest BCUT2D eigenvalue weighted by Gasteiger charge is -2.25. The van der Waals surface area contributed by atoms with E-state index in [-0.39, 0.29) is 0 Å². The highest BCUT2D eigenvalue weighted by atomic mass is 16.5. The molecule has 1 aromatic heterocycles. The molecule has 0 atom stereocenters. The molecule has 0 aliphatic carbocycles. The zero-order chi connectivity index (χ0) is 17.5. The predicted octanol–water partition coefficient (Wildman–Crippen LogP) is 4.60. The van der Waals surface area contributed by atoms with Gasteiger partial charge in [-0.3, -0.25) is 5.32 Å². The summed E-state index contributed by atoms with van der Waals surface area (Å²) >= 11 is 0. The quantitative estimate of drug-likeness (QED) is 0.741. The Labute approximate surface area is 146 Å². The second kappa shape index (κ2) is 7.97. The van der Waals surface area contributed by atoms with Gasteiger partial charge >= 0.3 is 6.09 Å². The molecule has 1 amide bonds. The van der Waals surface area contributed by atoms with Crippen LogP contribution >= 0.6 is 0 Å². The van der Waals surface area contributed by atoms with Crippen molar-refractivity contribution in [3.05, 3.63) is 84.6 Å². The molecule has 0 spiro atoms. The Morgan fingerprint density at radius 3 is 2.24 bits per heavy atom. The molecule has 2 aromatic carbocycles. The molecule has 3 rings (SSSR count). The zero-order valence-corrected chi connectivity index (χ0v) is 13.9. The minimum atomic E-state index is -0.538. The molecule has 126 valence electrons. The van der Waals surface area contributed by atoms with Crippen molar-refractivity contribution in [1.82, 2.24) is 4.98 Å². The lowest BCUT2D eigenvalue weighted by molar-refractivity contribution is 0.187. The van der Waals surface area contributed by atoms with E-state index < -0.39 is 6.09 Å². The molecular formula is C20H19N3O2. The fourth-order valence-corrected chi connectivity index (χ4v) is 2.48. The standard InChI is InChI=1S/C20H19N3O2/c1-25-20(24)22-19-13-12-18(14-21-19)23(17-10-6-3-7-11-17)15-16-8-4-2-5-9-16/h2-14H,15H2,1H3,(H,21,22,24). The first-order chi connectivity index (χ1) is 12.3. The van der Waals surface area contributed by atoms with Crippen molar-refractivity contribution in [1.29, 1.82) is 0 Å². The van der Waals surface area contributed by atoms with Gasteiger partial charge in [0, 0.05) is 12.2 Å². The Morgan fingerprint density at radius 2 is 1.64 bits per heavy atom. The monoisotopic (exact) mass is 333 g/mol. The fraction of sp³-hybridized carbons (Fsp3) is 0.100. The van der Waals surface area contributed by atoms with Crippen LogP contribution in [-0.2, 0) is 11.3 Å². The number of rotatable bonds is 5. The van der Waals surface area contributed by atoms with Crippen LogP contribution in [0.15, 0.2) is 79.0 Å². The molecule has 5 nitrogen and oxygen atoms in total. The molecule has 0 bridgehead atoms. The predicted molar refractivity (Wildman–Crippen MR) is 99.0 cm³/mol. The van der Waals surface area contributed by atoms with Gasteiger partial charge < -0.3 is 9.64 Å². The lowest BCUT2D eigenvalue weighted by atomic mass is 10.2.